The van der Waals surface area contributed by atoms with Crippen LogP contribution in [-0.2, 0) is 4.79 Å². The summed E-state index contributed by atoms with van der Waals surface area (Å²) < 4.78 is 0. The average molecular weight is 189 g/mol. The summed E-state index contributed by atoms with van der Waals surface area (Å²) >= 11 is 0. The zero-order valence-electron chi connectivity index (χ0n) is 8.15. The molecule has 1 amide bonds. The molecule has 14 heavy (non-hydrogen) atoms. The van der Waals surface area contributed by atoms with Crippen LogP contribution < -0.4 is 5.73 Å². The van der Waals surface area contributed by atoms with Crippen LogP contribution in [0.4, 0.5) is 0 Å². The van der Waals surface area contributed by atoms with Crippen LogP contribution in [0.3, 0.4) is 0 Å². The molecule has 0 spiro atoms. The molecule has 0 unspecified atom stereocenters. The van der Waals surface area contributed by atoms with Crippen LogP contribution in [0.2, 0.25) is 0 Å². The molecule has 0 radical (unpaired) electrons. The zero-order valence-corrected chi connectivity index (χ0v) is 8.15. The standard InChI is InChI=1S/C12H15NO/c13-12(14)11-8-4-7-10(11)9-5-2-1-3-6-9/h1-3,5-6,10-11H,4,7-8H2,(H2,13,14)/t10-,11-/m1/s1. The number of carbonyl (C=O) groups is 1. The molecule has 0 bridgehead atoms. The Morgan fingerprint density at radius 3 is 2.57 bits per heavy atom. The van der Waals surface area contributed by atoms with Crippen LogP contribution in [-0.4, -0.2) is 5.91 Å². The van der Waals surface area contributed by atoms with E-state index in [-0.39, 0.29) is 11.8 Å². The molecular formula is C12H15NO. The van der Waals surface area contributed by atoms with Gasteiger partial charge in [-0.2, -0.15) is 0 Å². The van der Waals surface area contributed by atoms with Crippen molar-refractivity contribution in [2.24, 2.45) is 11.7 Å². The van der Waals surface area contributed by atoms with Crippen LogP contribution in [0.1, 0.15) is 30.7 Å². The van der Waals surface area contributed by atoms with Crippen molar-refractivity contribution in [2.45, 2.75) is 25.2 Å². The number of hydrogen-bond donors (Lipinski definition) is 1. The van der Waals surface area contributed by atoms with E-state index in [0.717, 1.165) is 19.3 Å². The van der Waals surface area contributed by atoms with Crippen LogP contribution in [0, 0.1) is 5.92 Å². The molecule has 0 saturated heterocycles. The maximum absolute atomic E-state index is 11.2. The van der Waals surface area contributed by atoms with Gasteiger partial charge in [0.05, 0.1) is 0 Å². The monoisotopic (exact) mass is 189 g/mol. The molecule has 74 valence electrons. The van der Waals surface area contributed by atoms with Crippen molar-refractivity contribution in [1.29, 1.82) is 0 Å². The first kappa shape index (κ1) is 9.25. The summed E-state index contributed by atoms with van der Waals surface area (Å²) in [4.78, 5) is 11.2. The van der Waals surface area contributed by atoms with Gasteiger partial charge in [0, 0.05) is 5.92 Å². The van der Waals surface area contributed by atoms with Gasteiger partial charge in [0.25, 0.3) is 0 Å². The first-order valence-electron chi connectivity index (χ1n) is 5.13. The van der Waals surface area contributed by atoms with Crippen molar-refractivity contribution >= 4 is 5.91 Å². The summed E-state index contributed by atoms with van der Waals surface area (Å²) in [5.41, 5.74) is 6.64. The van der Waals surface area contributed by atoms with Crippen molar-refractivity contribution in [2.75, 3.05) is 0 Å². The molecule has 1 saturated carbocycles. The third-order valence-corrected chi connectivity index (χ3v) is 3.11. The average Bonchev–Trinajstić information content (AvgIpc) is 2.67. The van der Waals surface area contributed by atoms with E-state index in [0.29, 0.717) is 5.92 Å². The minimum absolute atomic E-state index is 0.0531. The van der Waals surface area contributed by atoms with Crippen LogP contribution in [0.25, 0.3) is 0 Å². The molecule has 1 fully saturated rings. The Balaban J connectivity index is 2.22. The Bertz CT molecular complexity index is 320. The number of primary amides is 1. The number of amides is 1. The third-order valence-electron chi connectivity index (χ3n) is 3.11. The molecule has 2 atom stereocenters. The Morgan fingerprint density at radius 2 is 1.93 bits per heavy atom. The predicted octanol–water partition coefficient (Wildman–Crippen LogP) is 2.06. The first-order chi connectivity index (χ1) is 6.79. The minimum Gasteiger partial charge on any atom is -0.369 e. The summed E-state index contributed by atoms with van der Waals surface area (Å²) in [7, 11) is 0. The maximum Gasteiger partial charge on any atom is 0.221 e. The molecule has 2 N–H and O–H groups in total. The van der Waals surface area contributed by atoms with E-state index >= 15 is 0 Å². The fourth-order valence-corrected chi connectivity index (χ4v) is 2.40. The summed E-state index contributed by atoms with van der Waals surface area (Å²) in [6, 6.07) is 10.2. The predicted molar refractivity (Wildman–Crippen MR) is 55.7 cm³/mol. The molecule has 1 aromatic carbocycles. The summed E-state index contributed by atoms with van der Waals surface area (Å²) in [5.74, 6) is 0.266. The SMILES string of the molecule is NC(=O)[C@@H]1CCC[C@@H]1c1ccccc1. The molecule has 2 heteroatoms. The second-order valence-corrected chi connectivity index (χ2v) is 3.96. The van der Waals surface area contributed by atoms with Gasteiger partial charge in [-0.05, 0) is 24.3 Å². The zero-order chi connectivity index (χ0) is 9.97. The molecule has 2 nitrogen and oxygen atoms in total. The van der Waals surface area contributed by atoms with E-state index in [9.17, 15) is 4.79 Å². The lowest BCUT2D eigenvalue weighted by molar-refractivity contribution is -0.122. The number of nitrogens with two attached hydrogens (primary N) is 1. The number of benzene rings is 1. The number of carbonyl (C=O) groups excluding carboxylic acids is 1. The van der Waals surface area contributed by atoms with Crippen LogP contribution in [0.5, 0.6) is 0 Å². The van der Waals surface area contributed by atoms with Crippen molar-refractivity contribution in [1.82, 2.24) is 0 Å². The van der Waals surface area contributed by atoms with Gasteiger partial charge >= 0.3 is 0 Å². The van der Waals surface area contributed by atoms with Crippen LogP contribution in [0.15, 0.2) is 30.3 Å². The largest absolute Gasteiger partial charge is 0.369 e. The second-order valence-electron chi connectivity index (χ2n) is 3.96. The lowest BCUT2D eigenvalue weighted by Crippen LogP contribution is -2.25. The fourth-order valence-electron chi connectivity index (χ4n) is 2.40. The van der Waals surface area contributed by atoms with E-state index in [1.54, 1.807) is 0 Å². The van der Waals surface area contributed by atoms with Gasteiger partial charge in [0.15, 0.2) is 0 Å². The van der Waals surface area contributed by atoms with Crippen molar-refractivity contribution < 1.29 is 4.79 Å². The third kappa shape index (κ3) is 1.65. The lowest BCUT2D eigenvalue weighted by Gasteiger charge is -2.16. The molecule has 2 rings (SSSR count). The van der Waals surface area contributed by atoms with E-state index in [2.05, 4.69) is 12.1 Å². The Morgan fingerprint density at radius 1 is 1.21 bits per heavy atom. The van der Waals surface area contributed by atoms with E-state index in [1.165, 1.54) is 5.56 Å². The Hall–Kier alpha value is -1.31. The smallest absolute Gasteiger partial charge is 0.221 e. The van der Waals surface area contributed by atoms with Crippen LogP contribution >= 0.6 is 0 Å². The molecule has 0 heterocycles. The quantitative estimate of drug-likeness (QED) is 0.760. The Labute approximate surface area is 84.1 Å². The summed E-state index contributed by atoms with van der Waals surface area (Å²) in [6.45, 7) is 0. The minimum atomic E-state index is -0.142. The van der Waals surface area contributed by atoms with E-state index in [1.807, 2.05) is 18.2 Å². The highest BCUT2D eigenvalue weighted by Crippen LogP contribution is 2.39. The topological polar surface area (TPSA) is 43.1 Å². The highest BCUT2D eigenvalue weighted by atomic mass is 16.1. The van der Waals surface area contributed by atoms with Crippen molar-refractivity contribution in [3.05, 3.63) is 35.9 Å². The molecular weight excluding hydrogens is 174 g/mol. The van der Waals surface area contributed by atoms with Gasteiger partial charge in [0.1, 0.15) is 0 Å². The van der Waals surface area contributed by atoms with Gasteiger partial charge in [-0.3, -0.25) is 4.79 Å². The summed E-state index contributed by atoms with van der Waals surface area (Å²) in [5, 5.41) is 0. The van der Waals surface area contributed by atoms with Gasteiger partial charge in [-0.25, -0.2) is 0 Å². The molecule has 1 aromatic rings. The fraction of sp³-hybridized carbons (Fsp3) is 0.417. The van der Waals surface area contributed by atoms with Gasteiger partial charge < -0.3 is 5.73 Å². The Kier molecular flexibility index (Phi) is 2.53. The van der Waals surface area contributed by atoms with Crippen molar-refractivity contribution in [3.8, 4) is 0 Å². The molecule has 0 aromatic heterocycles. The second kappa shape index (κ2) is 3.82. The van der Waals surface area contributed by atoms with Gasteiger partial charge in [-0.1, -0.05) is 36.8 Å². The normalized spacial score (nSPS) is 26.3. The van der Waals surface area contributed by atoms with E-state index < -0.39 is 0 Å². The molecule has 1 aliphatic carbocycles. The first-order valence-corrected chi connectivity index (χ1v) is 5.13. The number of rotatable bonds is 2. The highest BCUT2D eigenvalue weighted by molar-refractivity contribution is 5.78. The molecule has 1 aliphatic rings. The van der Waals surface area contributed by atoms with E-state index in [4.69, 9.17) is 5.73 Å². The van der Waals surface area contributed by atoms with Gasteiger partial charge in [-0.15, -0.1) is 0 Å². The highest BCUT2D eigenvalue weighted by Gasteiger charge is 2.32. The maximum atomic E-state index is 11.2. The van der Waals surface area contributed by atoms with Crippen molar-refractivity contribution in [3.63, 3.8) is 0 Å². The summed E-state index contributed by atoms with van der Waals surface area (Å²) in [6.07, 6.45) is 3.17. The van der Waals surface area contributed by atoms with Gasteiger partial charge in [0.2, 0.25) is 5.91 Å². The lowest BCUT2D eigenvalue weighted by atomic mass is 9.88. The molecule has 0 aliphatic heterocycles. The number of hydrogen-bond acceptors (Lipinski definition) is 1.